The first-order valence-electron chi connectivity index (χ1n) is 6.66. The number of nitrogens with two attached hydrogens (primary N) is 1. The standard InChI is InChI=1S/C14H20F2N2O/c15-11-6-10(7-12(16)8-11)14(17)3-5-18-4-1-2-13(19)9-18/h6-8,13-14,19H,1-5,9,17H2. The lowest BCUT2D eigenvalue weighted by molar-refractivity contribution is 0.0691. The lowest BCUT2D eigenvalue weighted by atomic mass is 10.0. The molecule has 0 spiro atoms. The molecular formula is C14H20F2N2O. The highest BCUT2D eigenvalue weighted by molar-refractivity contribution is 5.21. The average molecular weight is 270 g/mol. The molecule has 2 rings (SSSR count). The normalized spacial score (nSPS) is 22.4. The van der Waals surface area contributed by atoms with E-state index in [4.69, 9.17) is 5.73 Å². The zero-order chi connectivity index (χ0) is 13.8. The maximum absolute atomic E-state index is 13.1. The molecule has 0 radical (unpaired) electrons. The first kappa shape index (κ1) is 14.4. The molecule has 0 aromatic heterocycles. The summed E-state index contributed by atoms with van der Waals surface area (Å²) < 4.78 is 26.2. The summed E-state index contributed by atoms with van der Waals surface area (Å²) in [5.41, 5.74) is 6.44. The van der Waals surface area contributed by atoms with Gasteiger partial charge in [-0.2, -0.15) is 0 Å². The van der Waals surface area contributed by atoms with E-state index < -0.39 is 11.6 Å². The third-order valence-electron chi connectivity index (χ3n) is 3.55. The van der Waals surface area contributed by atoms with Crippen LogP contribution in [0.25, 0.3) is 0 Å². The highest BCUT2D eigenvalue weighted by Crippen LogP contribution is 2.19. The summed E-state index contributed by atoms with van der Waals surface area (Å²) in [4.78, 5) is 2.14. The minimum Gasteiger partial charge on any atom is -0.392 e. The van der Waals surface area contributed by atoms with E-state index >= 15 is 0 Å². The predicted octanol–water partition coefficient (Wildman–Crippen LogP) is 1.81. The highest BCUT2D eigenvalue weighted by Gasteiger charge is 2.18. The van der Waals surface area contributed by atoms with Gasteiger partial charge in [0.25, 0.3) is 0 Å². The van der Waals surface area contributed by atoms with Crippen LogP contribution in [0.15, 0.2) is 18.2 Å². The third kappa shape index (κ3) is 4.23. The summed E-state index contributed by atoms with van der Waals surface area (Å²) in [5.74, 6) is -1.20. The van der Waals surface area contributed by atoms with Gasteiger partial charge in [0, 0.05) is 25.2 Å². The number of hydrogen-bond donors (Lipinski definition) is 2. The summed E-state index contributed by atoms with van der Waals surface area (Å²) in [5, 5.41) is 9.56. The molecule has 5 heteroatoms. The Hall–Kier alpha value is -1.04. The van der Waals surface area contributed by atoms with Gasteiger partial charge in [-0.05, 0) is 43.5 Å². The molecule has 1 aliphatic heterocycles. The minimum atomic E-state index is -0.598. The quantitative estimate of drug-likeness (QED) is 0.877. The fourth-order valence-electron chi connectivity index (χ4n) is 2.51. The Morgan fingerprint density at radius 3 is 2.63 bits per heavy atom. The van der Waals surface area contributed by atoms with Crippen LogP contribution >= 0.6 is 0 Å². The fraction of sp³-hybridized carbons (Fsp3) is 0.571. The van der Waals surface area contributed by atoms with Gasteiger partial charge in [-0.25, -0.2) is 8.78 Å². The van der Waals surface area contributed by atoms with Crippen LogP contribution in [0.4, 0.5) is 8.78 Å². The molecule has 1 aromatic carbocycles. The molecule has 1 heterocycles. The SMILES string of the molecule is NC(CCN1CCCC(O)C1)c1cc(F)cc(F)c1. The van der Waals surface area contributed by atoms with E-state index in [1.807, 2.05) is 0 Å². The van der Waals surface area contributed by atoms with Gasteiger partial charge < -0.3 is 15.7 Å². The Kier molecular flexibility index (Phi) is 4.85. The Morgan fingerprint density at radius 2 is 2.00 bits per heavy atom. The van der Waals surface area contributed by atoms with E-state index in [-0.39, 0.29) is 12.1 Å². The molecule has 0 aliphatic carbocycles. The minimum absolute atomic E-state index is 0.267. The van der Waals surface area contributed by atoms with Crippen molar-refractivity contribution < 1.29 is 13.9 Å². The van der Waals surface area contributed by atoms with Crippen LogP contribution < -0.4 is 5.73 Å². The number of β-amino-alcohol motifs (C(OH)–C–C–N with tert-alkyl or cyclic N) is 1. The lowest BCUT2D eigenvalue weighted by Gasteiger charge is -2.30. The second-order valence-electron chi connectivity index (χ2n) is 5.19. The van der Waals surface area contributed by atoms with Gasteiger partial charge in [-0.3, -0.25) is 0 Å². The van der Waals surface area contributed by atoms with Gasteiger partial charge >= 0.3 is 0 Å². The molecule has 3 nitrogen and oxygen atoms in total. The van der Waals surface area contributed by atoms with Crippen molar-refractivity contribution >= 4 is 0 Å². The summed E-state index contributed by atoms with van der Waals surface area (Å²) in [6.07, 6.45) is 2.18. The summed E-state index contributed by atoms with van der Waals surface area (Å²) >= 11 is 0. The van der Waals surface area contributed by atoms with Crippen molar-refractivity contribution in [2.75, 3.05) is 19.6 Å². The number of aliphatic hydroxyl groups excluding tert-OH is 1. The highest BCUT2D eigenvalue weighted by atomic mass is 19.1. The molecule has 0 amide bonds. The van der Waals surface area contributed by atoms with Gasteiger partial charge in [-0.15, -0.1) is 0 Å². The van der Waals surface area contributed by atoms with E-state index in [2.05, 4.69) is 4.90 Å². The largest absolute Gasteiger partial charge is 0.392 e. The predicted molar refractivity (Wildman–Crippen MR) is 69.6 cm³/mol. The molecule has 1 saturated heterocycles. The molecule has 0 bridgehead atoms. The monoisotopic (exact) mass is 270 g/mol. The van der Waals surface area contributed by atoms with Crippen LogP contribution in [0.3, 0.4) is 0 Å². The molecule has 1 aliphatic rings. The van der Waals surface area contributed by atoms with Crippen LogP contribution in [0, 0.1) is 11.6 Å². The number of piperidine rings is 1. The average Bonchev–Trinajstić information content (AvgIpc) is 2.35. The van der Waals surface area contributed by atoms with Crippen molar-refractivity contribution in [3.05, 3.63) is 35.4 Å². The molecule has 2 atom stereocenters. The van der Waals surface area contributed by atoms with E-state index in [1.54, 1.807) is 0 Å². The first-order valence-corrected chi connectivity index (χ1v) is 6.66. The molecule has 19 heavy (non-hydrogen) atoms. The van der Waals surface area contributed by atoms with Crippen LogP contribution in [-0.4, -0.2) is 35.7 Å². The van der Waals surface area contributed by atoms with Crippen molar-refractivity contribution in [1.82, 2.24) is 4.90 Å². The Labute approximate surface area is 112 Å². The van der Waals surface area contributed by atoms with Crippen LogP contribution in [-0.2, 0) is 0 Å². The van der Waals surface area contributed by atoms with Crippen molar-refractivity contribution in [2.24, 2.45) is 5.73 Å². The van der Waals surface area contributed by atoms with E-state index in [0.29, 0.717) is 18.5 Å². The maximum Gasteiger partial charge on any atom is 0.126 e. The van der Waals surface area contributed by atoms with Crippen molar-refractivity contribution in [2.45, 2.75) is 31.4 Å². The van der Waals surface area contributed by atoms with Gasteiger partial charge in [-0.1, -0.05) is 0 Å². The number of rotatable bonds is 4. The summed E-state index contributed by atoms with van der Waals surface area (Å²) in [6, 6.07) is 3.01. The molecule has 106 valence electrons. The van der Waals surface area contributed by atoms with E-state index in [9.17, 15) is 13.9 Å². The fourth-order valence-corrected chi connectivity index (χ4v) is 2.51. The molecule has 1 aromatic rings. The zero-order valence-electron chi connectivity index (χ0n) is 10.9. The number of nitrogens with zero attached hydrogens (tertiary/aromatic N) is 1. The van der Waals surface area contributed by atoms with Gasteiger partial charge in [0.05, 0.1) is 6.10 Å². The van der Waals surface area contributed by atoms with Crippen molar-refractivity contribution in [3.63, 3.8) is 0 Å². The van der Waals surface area contributed by atoms with Gasteiger partial charge in [0.2, 0.25) is 0 Å². The number of benzene rings is 1. The molecule has 0 saturated carbocycles. The van der Waals surface area contributed by atoms with Crippen LogP contribution in [0.1, 0.15) is 30.9 Å². The molecular weight excluding hydrogens is 250 g/mol. The van der Waals surface area contributed by atoms with Crippen molar-refractivity contribution in [1.29, 1.82) is 0 Å². The van der Waals surface area contributed by atoms with E-state index in [0.717, 1.165) is 32.0 Å². The van der Waals surface area contributed by atoms with Crippen LogP contribution in [0.5, 0.6) is 0 Å². The molecule has 1 fully saturated rings. The van der Waals surface area contributed by atoms with Gasteiger partial charge in [0.1, 0.15) is 11.6 Å². The van der Waals surface area contributed by atoms with Gasteiger partial charge in [0.15, 0.2) is 0 Å². The number of hydrogen-bond acceptors (Lipinski definition) is 3. The van der Waals surface area contributed by atoms with Crippen LogP contribution in [0.2, 0.25) is 0 Å². The maximum atomic E-state index is 13.1. The number of likely N-dealkylation sites (tertiary alicyclic amines) is 1. The van der Waals surface area contributed by atoms with Crippen molar-refractivity contribution in [3.8, 4) is 0 Å². The molecule has 3 N–H and O–H groups in total. The second-order valence-corrected chi connectivity index (χ2v) is 5.19. The third-order valence-corrected chi connectivity index (χ3v) is 3.55. The topological polar surface area (TPSA) is 49.5 Å². The summed E-state index contributed by atoms with van der Waals surface area (Å²) in [6.45, 7) is 2.34. The smallest absolute Gasteiger partial charge is 0.126 e. The zero-order valence-corrected chi connectivity index (χ0v) is 10.9. The first-order chi connectivity index (χ1) is 9.04. The number of aliphatic hydroxyl groups is 1. The molecule has 2 unspecified atom stereocenters. The Bertz CT molecular complexity index is 408. The Morgan fingerprint density at radius 1 is 1.32 bits per heavy atom. The lowest BCUT2D eigenvalue weighted by Crippen LogP contribution is -2.39. The second kappa shape index (κ2) is 6.41. The Balaban J connectivity index is 1.88. The van der Waals surface area contributed by atoms with E-state index in [1.165, 1.54) is 12.1 Å². The summed E-state index contributed by atoms with van der Waals surface area (Å²) in [7, 11) is 0. The number of halogens is 2.